The van der Waals surface area contributed by atoms with Crippen molar-refractivity contribution in [3.05, 3.63) is 42.2 Å². The van der Waals surface area contributed by atoms with Gasteiger partial charge in [-0.3, -0.25) is 0 Å². The van der Waals surface area contributed by atoms with Gasteiger partial charge >= 0.3 is 0 Å². The standard InChI is InChI=1S/C12H6Br4O2/c13-7-3-1-5(11(17)9(7)15)6-2-4-8(14)10(16)12(6)18/h1-4,17-18H. The molecule has 2 aromatic rings. The average molecular weight is 502 g/mol. The van der Waals surface area contributed by atoms with Gasteiger partial charge in [-0.05, 0) is 88.0 Å². The maximum atomic E-state index is 10.1. The van der Waals surface area contributed by atoms with Gasteiger partial charge in [0.05, 0.1) is 8.95 Å². The van der Waals surface area contributed by atoms with E-state index in [1.807, 2.05) is 0 Å². The molecule has 0 amide bonds. The molecule has 0 fully saturated rings. The van der Waals surface area contributed by atoms with E-state index in [0.29, 0.717) is 20.1 Å². The van der Waals surface area contributed by atoms with Crippen molar-refractivity contribution in [2.75, 3.05) is 0 Å². The van der Waals surface area contributed by atoms with Crippen molar-refractivity contribution < 1.29 is 10.2 Å². The van der Waals surface area contributed by atoms with Crippen LogP contribution in [0.2, 0.25) is 0 Å². The Morgan fingerprint density at radius 1 is 0.611 bits per heavy atom. The number of halogens is 4. The zero-order valence-electron chi connectivity index (χ0n) is 8.72. The van der Waals surface area contributed by atoms with Gasteiger partial charge in [-0.2, -0.15) is 0 Å². The predicted octanol–water partition coefficient (Wildman–Crippen LogP) is 5.81. The largest absolute Gasteiger partial charge is 0.506 e. The van der Waals surface area contributed by atoms with Crippen LogP contribution < -0.4 is 0 Å². The zero-order chi connectivity index (χ0) is 13.4. The van der Waals surface area contributed by atoms with Gasteiger partial charge in [0.1, 0.15) is 11.5 Å². The van der Waals surface area contributed by atoms with Crippen LogP contribution in [0, 0.1) is 0 Å². The number of benzene rings is 2. The average Bonchev–Trinajstić information content (AvgIpc) is 2.35. The number of aromatic hydroxyl groups is 2. The first-order valence-corrected chi connectivity index (χ1v) is 7.95. The van der Waals surface area contributed by atoms with Gasteiger partial charge < -0.3 is 10.2 Å². The predicted molar refractivity (Wildman–Crippen MR) is 86.0 cm³/mol. The highest BCUT2D eigenvalue weighted by atomic mass is 79.9. The highest BCUT2D eigenvalue weighted by Gasteiger charge is 2.16. The molecule has 94 valence electrons. The summed E-state index contributed by atoms with van der Waals surface area (Å²) in [7, 11) is 0. The molecular formula is C12H6Br4O2. The Balaban J connectivity index is 2.71. The molecule has 0 atom stereocenters. The molecule has 0 aliphatic carbocycles. The summed E-state index contributed by atoms with van der Waals surface area (Å²) in [5.41, 5.74) is 1.10. The Hall–Kier alpha value is -0.0400. The van der Waals surface area contributed by atoms with Crippen molar-refractivity contribution in [1.82, 2.24) is 0 Å². The smallest absolute Gasteiger partial charge is 0.138 e. The highest BCUT2D eigenvalue weighted by molar-refractivity contribution is 9.13. The molecule has 0 bridgehead atoms. The van der Waals surface area contributed by atoms with E-state index in [0.717, 1.165) is 8.95 Å². The van der Waals surface area contributed by atoms with E-state index in [2.05, 4.69) is 63.7 Å². The first-order chi connectivity index (χ1) is 8.43. The summed E-state index contributed by atoms with van der Waals surface area (Å²) in [6.45, 7) is 0. The van der Waals surface area contributed by atoms with E-state index in [9.17, 15) is 10.2 Å². The fourth-order valence-corrected chi connectivity index (χ4v) is 2.85. The van der Waals surface area contributed by atoms with Gasteiger partial charge in [-0.1, -0.05) is 0 Å². The van der Waals surface area contributed by atoms with Gasteiger partial charge in [0.2, 0.25) is 0 Å². The minimum absolute atomic E-state index is 0.0777. The molecule has 6 heteroatoms. The molecule has 2 rings (SSSR count). The molecule has 0 spiro atoms. The zero-order valence-corrected chi connectivity index (χ0v) is 15.1. The van der Waals surface area contributed by atoms with Crippen LogP contribution in [0.15, 0.2) is 42.2 Å². The molecule has 2 aromatic carbocycles. The molecule has 2 N–H and O–H groups in total. The minimum Gasteiger partial charge on any atom is -0.506 e. The summed E-state index contributed by atoms with van der Waals surface area (Å²) in [5, 5.41) is 20.2. The summed E-state index contributed by atoms with van der Waals surface area (Å²) in [5.74, 6) is 0.155. The summed E-state index contributed by atoms with van der Waals surface area (Å²) >= 11 is 13.2. The normalized spacial score (nSPS) is 10.7. The Labute approximate surface area is 138 Å². The topological polar surface area (TPSA) is 40.5 Å². The summed E-state index contributed by atoms with van der Waals surface area (Å²) in [6.07, 6.45) is 0. The van der Waals surface area contributed by atoms with E-state index in [1.165, 1.54) is 0 Å². The van der Waals surface area contributed by atoms with E-state index in [-0.39, 0.29) is 11.5 Å². The molecule has 0 saturated heterocycles. The van der Waals surface area contributed by atoms with Crippen LogP contribution in [-0.2, 0) is 0 Å². The van der Waals surface area contributed by atoms with Crippen molar-refractivity contribution in [2.45, 2.75) is 0 Å². The first kappa shape index (κ1) is 14.4. The summed E-state index contributed by atoms with van der Waals surface area (Å²) in [4.78, 5) is 0. The quantitative estimate of drug-likeness (QED) is 0.517. The SMILES string of the molecule is Oc1c(-c2ccc(Br)c(Br)c2O)ccc(Br)c1Br. The van der Waals surface area contributed by atoms with E-state index in [4.69, 9.17) is 0 Å². The van der Waals surface area contributed by atoms with E-state index < -0.39 is 0 Å². The molecule has 2 nitrogen and oxygen atoms in total. The molecule has 0 aliphatic rings. The fourth-order valence-electron chi connectivity index (χ4n) is 1.51. The number of phenolic OH excluding ortho intramolecular Hbond substituents is 2. The lowest BCUT2D eigenvalue weighted by Crippen LogP contribution is -1.84. The fraction of sp³-hybridized carbons (Fsp3) is 0. The lowest BCUT2D eigenvalue weighted by molar-refractivity contribution is 0.465. The minimum atomic E-state index is 0.0777. The van der Waals surface area contributed by atoms with Gasteiger partial charge in [0.15, 0.2) is 0 Å². The second-order valence-electron chi connectivity index (χ2n) is 3.52. The Morgan fingerprint density at radius 3 is 1.28 bits per heavy atom. The summed E-state index contributed by atoms with van der Waals surface area (Å²) < 4.78 is 2.61. The molecule has 0 aromatic heterocycles. The number of phenols is 2. The number of hydrogen-bond donors (Lipinski definition) is 2. The first-order valence-electron chi connectivity index (χ1n) is 4.77. The van der Waals surface area contributed by atoms with Crippen molar-refractivity contribution in [3.63, 3.8) is 0 Å². The van der Waals surface area contributed by atoms with E-state index >= 15 is 0 Å². The lowest BCUT2D eigenvalue weighted by atomic mass is 10.0. The third-order valence-electron chi connectivity index (χ3n) is 2.43. The van der Waals surface area contributed by atoms with Gasteiger partial charge in [0.25, 0.3) is 0 Å². The van der Waals surface area contributed by atoms with E-state index in [1.54, 1.807) is 24.3 Å². The van der Waals surface area contributed by atoms with Crippen LogP contribution in [0.1, 0.15) is 0 Å². The van der Waals surface area contributed by atoms with Crippen molar-refractivity contribution in [2.24, 2.45) is 0 Å². The van der Waals surface area contributed by atoms with Gasteiger partial charge in [-0.15, -0.1) is 0 Å². The van der Waals surface area contributed by atoms with Crippen LogP contribution >= 0.6 is 63.7 Å². The Bertz CT molecular complexity index is 570. The molecule has 0 radical (unpaired) electrons. The third kappa shape index (κ3) is 2.48. The maximum absolute atomic E-state index is 10.1. The second-order valence-corrected chi connectivity index (χ2v) is 6.81. The Morgan fingerprint density at radius 2 is 0.944 bits per heavy atom. The van der Waals surface area contributed by atoms with Crippen molar-refractivity contribution in [3.8, 4) is 22.6 Å². The Kier molecular flexibility index (Phi) is 4.41. The third-order valence-corrected chi connectivity index (χ3v) is 6.42. The second kappa shape index (κ2) is 5.53. The lowest BCUT2D eigenvalue weighted by Gasteiger charge is -2.11. The van der Waals surface area contributed by atoms with Gasteiger partial charge in [0, 0.05) is 20.1 Å². The van der Waals surface area contributed by atoms with Crippen LogP contribution in [0.25, 0.3) is 11.1 Å². The van der Waals surface area contributed by atoms with Crippen molar-refractivity contribution in [1.29, 1.82) is 0 Å². The maximum Gasteiger partial charge on any atom is 0.138 e. The van der Waals surface area contributed by atoms with Gasteiger partial charge in [-0.25, -0.2) is 0 Å². The molecule has 0 heterocycles. The molecule has 0 saturated carbocycles. The summed E-state index contributed by atoms with van der Waals surface area (Å²) in [6, 6.07) is 7.07. The molecule has 0 aliphatic heterocycles. The molecule has 18 heavy (non-hydrogen) atoms. The monoisotopic (exact) mass is 498 g/mol. The molecular weight excluding hydrogens is 496 g/mol. The molecule has 0 unspecified atom stereocenters. The van der Waals surface area contributed by atoms with Crippen LogP contribution in [0.3, 0.4) is 0 Å². The van der Waals surface area contributed by atoms with Crippen LogP contribution in [-0.4, -0.2) is 10.2 Å². The number of rotatable bonds is 1. The van der Waals surface area contributed by atoms with Crippen molar-refractivity contribution >= 4 is 63.7 Å². The number of hydrogen-bond acceptors (Lipinski definition) is 2. The highest BCUT2D eigenvalue weighted by Crippen LogP contribution is 2.46. The van der Waals surface area contributed by atoms with Crippen LogP contribution in [0.4, 0.5) is 0 Å². The van der Waals surface area contributed by atoms with Crippen LogP contribution in [0.5, 0.6) is 11.5 Å².